The fourth-order valence-corrected chi connectivity index (χ4v) is 2.73. The first-order valence-corrected chi connectivity index (χ1v) is 8.55. The quantitative estimate of drug-likeness (QED) is 0.760. The van der Waals surface area contributed by atoms with E-state index in [9.17, 15) is 10.2 Å². The van der Waals surface area contributed by atoms with Gasteiger partial charge in [0.25, 0.3) is 0 Å². The van der Waals surface area contributed by atoms with Crippen molar-refractivity contribution < 1.29 is 10.2 Å². The van der Waals surface area contributed by atoms with Crippen molar-refractivity contribution >= 4 is 0 Å². The van der Waals surface area contributed by atoms with E-state index in [1.165, 1.54) is 12.8 Å². The van der Waals surface area contributed by atoms with Gasteiger partial charge >= 0.3 is 0 Å². The zero-order valence-electron chi connectivity index (χ0n) is 14.4. The molecule has 2 aromatic carbocycles. The second-order valence-corrected chi connectivity index (χ2v) is 6.06. The van der Waals surface area contributed by atoms with Gasteiger partial charge < -0.3 is 10.2 Å². The molecule has 1 aliphatic carbocycles. The van der Waals surface area contributed by atoms with E-state index >= 15 is 0 Å². The van der Waals surface area contributed by atoms with Gasteiger partial charge in [0.15, 0.2) is 0 Å². The maximum absolute atomic E-state index is 9.48. The number of phenolic OH excluding ortho intramolecular Hbond substituents is 2. The minimum Gasteiger partial charge on any atom is -0.508 e. The molecule has 2 nitrogen and oxygen atoms in total. The molecule has 0 aliphatic heterocycles. The molecule has 2 N–H and O–H groups in total. The fraction of sp³-hybridized carbons (Fsp3) is 0.273. The van der Waals surface area contributed by atoms with Gasteiger partial charge in [-0.15, -0.1) is 0 Å². The van der Waals surface area contributed by atoms with Crippen molar-refractivity contribution in [1.82, 2.24) is 0 Å². The average Bonchev–Trinajstić information content (AvgIpc) is 2.63. The molecule has 0 fully saturated rings. The Bertz CT molecular complexity index is 631. The van der Waals surface area contributed by atoms with Crippen molar-refractivity contribution in [2.75, 3.05) is 0 Å². The summed E-state index contributed by atoms with van der Waals surface area (Å²) in [6, 6.07) is 14.6. The van der Waals surface area contributed by atoms with Gasteiger partial charge in [0, 0.05) is 5.41 Å². The van der Waals surface area contributed by atoms with Crippen LogP contribution in [0, 0.1) is 0 Å². The van der Waals surface area contributed by atoms with Gasteiger partial charge in [-0.25, -0.2) is 0 Å². The van der Waals surface area contributed by atoms with Crippen molar-refractivity contribution in [2.45, 2.75) is 38.5 Å². The summed E-state index contributed by atoms with van der Waals surface area (Å²) < 4.78 is 0. The van der Waals surface area contributed by atoms with Gasteiger partial charge in [0.1, 0.15) is 11.5 Å². The van der Waals surface area contributed by atoms with Crippen LogP contribution < -0.4 is 0 Å². The summed E-state index contributed by atoms with van der Waals surface area (Å²) >= 11 is 0. The summed E-state index contributed by atoms with van der Waals surface area (Å²) in [7, 11) is 0. The number of allylic oxidation sites excluding steroid dienone is 4. The largest absolute Gasteiger partial charge is 0.508 e. The summed E-state index contributed by atoms with van der Waals surface area (Å²) in [6.45, 7) is 4.36. The number of phenols is 2. The zero-order chi connectivity index (χ0) is 17.4. The predicted molar refractivity (Wildman–Crippen MR) is 100 cm³/mol. The third-order valence-electron chi connectivity index (χ3n) is 4.33. The van der Waals surface area contributed by atoms with Crippen LogP contribution in [0.2, 0.25) is 0 Å². The fourth-order valence-electron chi connectivity index (χ4n) is 2.73. The molecule has 0 radical (unpaired) electrons. The summed E-state index contributed by atoms with van der Waals surface area (Å²) in [4.78, 5) is 0. The number of rotatable bonds is 3. The van der Waals surface area contributed by atoms with Crippen molar-refractivity contribution in [2.24, 2.45) is 0 Å². The molecule has 0 unspecified atom stereocenters. The second-order valence-electron chi connectivity index (χ2n) is 6.06. The minimum absolute atomic E-state index is 0.240. The Morgan fingerprint density at radius 3 is 1.54 bits per heavy atom. The Morgan fingerprint density at radius 2 is 1.21 bits per heavy atom. The Balaban J connectivity index is 0.000000471. The first-order valence-electron chi connectivity index (χ1n) is 8.55. The highest BCUT2D eigenvalue weighted by Crippen LogP contribution is 2.40. The van der Waals surface area contributed by atoms with E-state index in [2.05, 4.69) is 26.0 Å². The highest BCUT2D eigenvalue weighted by atomic mass is 16.3. The van der Waals surface area contributed by atoms with Crippen LogP contribution in [0.15, 0.2) is 72.8 Å². The maximum atomic E-state index is 9.48. The van der Waals surface area contributed by atoms with E-state index in [0.717, 1.165) is 17.5 Å². The molecule has 0 saturated heterocycles. The highest BCUT2D eigenvalue weighted by Gasteiger charge is 2.31. The van der Waals surface area contributed by atoms with Crippen LogP contribution in [0.3, 0.4) is 0 Å². The normalized spacial score (nSPS) is 14.8. The molecule has 1 aliphatic rings. The van der Waals surface area contributed by atoms with Crippen LogP contribution >= 0.6 is 0 Å². The first kappa shape index (κ1) is 17.9. The number of hydrogen-bond donors (Lipinski definition) is 2. The lowest BCUT2D eigenvalue weighted by molar-refractivity contribution is 0.474. The van der Waals surface area contributed by atoms with Crippen LogP contribution in [0.4, 0.5) is 0 Å². The van der Waals surface area contributed by atoms with Crippen molar-refractivity contribution in [1.29, 1.82) is 0 Å². The van der Waals surface area contributed by atoms with Gasteiger partial charge in [-0.1, -0.05) is 75.3 Å². The topological polar surface area (TPSA) is 40.5 Å². The highest BCUT2D eigenvalue weighted by molar-refractivity contribution is 5.49. The van der Waals surface area contributed by atoms with Crippen LogP contribution in [-0.2, 0) is 5.41 Å². The zero-order valence-corrected chi connectivity index (χ0v) is 14.4. The third-order valence-corrected chi connectivity index (χ3v) is 4.33. The lowest BCUT2D eigenvalue weighted by atomic mass is 9.70. The summed E-state index contributed by atoms with van der Waals surface area (Å²) in [5, 5.41) is 19.0. The van der Waals surface area contributed by atoms with Crippen LogP contribution in [0.25, 0.3) is 0 Å². The van der Waals surface area contributed by atoms with Crippen molar-refractivity contribution in [3.63, 3.8) is 0 Å². The van der Waals surface area contributed by atoms with E-state index in [0.29, 0.717) is 0 Å². The van der Waals surface area contributed by atoms with E-state index in [4.69, 9.17) is 0 Å². The Morgan fingerprint density at radius 1 is 0.750 bits per heavy atom. The van der Waals surface area contributed by atoms with Gasteiger partial charge in [-0.2, -0.15) is 0 Å². The number of unbranched alkanes of at least 4 members (excludes halogenated alkanes) is 1. The van der Waals surface area contributed by atoms with E-state index in [1.807, 2.05) is 36.4 Å². The standard InChI is InChI=1S/C18H16O2.C4H10/c19-16-8-4-14(5-9-16)18(12-2-1-3-13-18)15-6-10-17(20)11-7-15;1-3-4-2/h1-12,19-20H,13H2;3-4H2,1-2H3. The molecule has 0 atom stereocenters. The van der Waals surface area contributed by atoms with Crippen LogP contribution in [0.5, 0.6) is 11.5 Å². The van der Waals surface area contributed by atoms with Gasteiger partial charge in [0.05, 0.1) is 0 Å². The summed E-state index contributed by atoms with van der Waals surface area (Å²) in [6.07, 6.45) is 11.9. The SMILES string of the molecule is CCCC.Oc1ccc(C2(c3ccc(O)cc3)C=CC=CC2)cc1. The molecule has 3 rings (SSSR count). The van der Waals surface area contributed by atoms with Crippen LogP contribution in [-0.4, -0.2) is 10.2 Å². The van der Waals surface area contributed by atoms with Crippen molar-refractivity contribution in [3.8, 4) is 11.5 Å². The Labute approximate surface area is 144 Å². The lowest BCUT2D eigenvalue weighted by Crippen LogP contribution is -2.25. The Hall–Kier alpha value is -2.48. The molecular formula is C22H26O2. The summed E-state index contributed by atoms with van der Waals surface area (Å²) in [5.41, 5.74) is 2.01. The Kier molecular flexibility index (Phi) is 6.25. The number of aromatic hydroxyl groups is 2. The molecule has 0 aromatic heterocycles. The third kappa shape index (κ3) is 4.08. The maximum Gasteiger partial charge on any atom is 0.115 e. The predicted octanol–water partition coefficient (Wildman–Crippen LogP) is 5.71. The monoisotopic (exact) mass is 322 g/mol. The summed E-state index contributed by atoms with van der Waals surface area (Å²) in [5.74, 6) is 0.537. The van der Waals surface area contributed by atoms with Crippen molar-refractivity contribution in [3.05, 3.63) is 84.0 Å². The van der Waals surface area contributed by atoms with E-state index < -0.39 is 0 Å². The molecule has 0 bridgehead atoms. The lowest BCUT2D eigenvalue weighted by Gasteiger charge is -2.32. The molecule has 2 heteroatoms. The molecular weight excluding hydrogens is 296 g/mol. The first-order chi connectivity index (χ1) is 11.6. The molecule has 0 amide bonds. The van der Waals surface area contributed by atoms with Gasteiger partial charge in [-0.3, -0.25) is 0 Å². The van der Waals surface area contributed by atoms with Gasteiger partial charge in [0.2, 0.25) is 0 Å². The number of hydrogen-bond acceptors (Lipinski definition) is 2. The minimum atomic E-state index is -0.240. The molecule has 0 saturated carbocycles. The second kappa shape index (κ2) is 8.39. The average molecular weight is 322 g/mol. The molecule has 0 spiro atoms. The smallest absolute Gasteiger partial charge is 0.115 e. The molecule has 2 aromatic rings. The molecule has 0 heterocycles. The van der Waals surface area contributed by atoms with E-state index in [1.54, 1.807) is 24.3 Å². The number of benzene rings is 2. The molecule has 24 heavy (non-hydrogen) atoms. The van der Waals surface area contributed by atoms with E-state index in [-0.39, 0.29) is 16.9 Å². The van der Waals surface area contributed by atoms with Crippen LogP contribution in [0.1, 0.15) is 44.2 Å². The van der Waals surface area contributed by atoms with Gasteiger partial charge in [-0.05, 0) is 41.8 Å². The molecule has 126 valence electrons.